The lowest BCUT2D eigenvalue weighted by Gasteiger charge is -2.23. The molecule has 2 fully saturated rings. The molecule has 0 radical (unpaired) electrons. The Morgan fingerprint density at radius 1 is 1.00 bits per heavy atom. The van der Waals surface area contributed by atoms with Crippen molar-refractivity contribution in [1.82, 2.24) is 15.4 Å². The van der Waals surface area contributed by atoms with Crippen molar-refractivity contribution in [3.8, 4) is 5.75 Å². The second-order valence-corrected chi connectivity index (χ2v) is 9.22. The van der Waals surface area contributed by atoms with Gasteiger partial charge >= 0.3 is 0 Å². The number of amides is 2. The van der Waals surface area contributed by atoms with Crippen molar-refractivity contribution in [3.63, 3.8) is 0 Å². The molecular formula is C27H29N3O4. The van der Waals surface area contributed by atoms with Crippen molar-refractivity contribution < 1.29 is 18.8 Å². The molecule has 7 nitrogen and oxygen atoms in total. The number of carbonyl (C=O) groups excluding carboxylic acids is 2. The van der Waals surface area contributed by atoms with E-state index in [2.05, 4.69) is 10.5 Å². The largest absolute Gasteiger partial charge is 0.489 e. The molecular weight excluding hydrogens is 430 g/mol. The van der Waals surface area contributed by atoms with E-state index >= 15 is 0 Å². The minimum absolute atomic E-state index is 0.00956. The van der Waals surface area contributed by atoms with E-state index < -0.39 is 0 Å². The standard InChI is InChI=1S/C27H29N3O4/c1-17-25(18(2)34-29-17)16-33-24-13-7-21(8-14-24)27(32)30(23-11-12-23)15-19-3-5-20(6-4-19)26(31)28-22-9-10-22/h3-8,13-14,22-23H,9-12,15-16H2,1-2H3,(H,28,31). The molecule has 1 aromatic heterocycles. The summed E-state index contributed by atoms with van der Waals surface area (Å²) in [6.45, 7) is 4.65. The molecule has 5 rings (SSSR count). The van der Waals surface area contributed by atoms with Crippen LogP contribution in [0.5, 0.6) is 5.75 Å². The molecule has 2 saturated carbocycles. The van der Waals surface area contributed by atoms with Crippen LogP contribution >= 0.6 is 0 Å². The third-order valence-electron chi connectivity index (χ3n) is 6.40. The fourth-order valence-corrected chi connectivity index (χ4v) is 3.93. The van der Waals surface area contributed by atoms with E-state index in [9.17, 15) is 9.59 Å². The number of aromatic nitrogens is 1. The average molecular weight is 460 g/mol. The number of aryl methyl sites for hydroxylation is 2. The molecule has 2 aromatic carbocycles. The van der Waals surface area contributed by atoms with Crippen LogP contribution in [0.1, 0.15) is 69.0 Å². The summed E-state index contributed by atoms with van der Waals surface area (Å²) in [4.78, 5) is 27.4. The fourth-order valence-electron chi connectivity index (χ4n) is 3.93. The first kappa shape index (κ1) is 22.2. The molecule has 0 aliphatic heterocycles. The third-order valence-corrected chi connectivity index (χ3v) is 6.40. The zero-order chi connectivity index (χ0) is 23.7. The van der Waals surface area contributed by atoms with E-state index in [4.69, 9.17) is 9.26 Å². The first-order valence-corrected chi connectivity index (χ1v) is 11.8. The van der Waals surface area contributed by atoms with Crippen LogP contribution in [-0.4, -0.2) is 34.0 Å². The lowest BCUT2D eigenvalue weighted by atomic mass is 10.1. The highest BCUT2D eigenvalue weighted by molar-refractivity contribution is 5.95. The van der Waals surface area contributed by atoms with Gasteiger partial charge in [0.15, 0.2) is 0 Å². The Balaban J connectivity index is 1.21. The number of benzene rings is 2. The van der Waals surface area contributed by atoms with Crippen LogP contribution in [0.4, 0.5) is 0 Å². The lowest BCUT2D eigenvalue weighted by molar-refractivity contribution is 0.0729. The summed E-state index contributed by atoms with van der Waals surface area (Å²) in [6.07, 6.45) is 4.17. The monoisotopic (exact) mass is 459 g/mol. The van der Waals surface area contributed by atoms with E-state index in [0.29, 0.717) is 36.1 Å². The highest BCUT2D eigenvalue weighted by Crippen LogP contribution is 2.30. The van der Waals surface area contributed by atoms with Crippen LogP contribution < -0.4 is 10.1 Å². The number of nitrogens with zero attached hydrogens (tertiary/aromatic N) is 2. The molecule has 3 aromatic rings. The SMILES string of the molecule is Cc1noc(C)c1COc1ccc(C(=O)N(Cc2ccc(C(=O)NC3CC3)cc2)C2CC2)cc1. The average Bonchev–Trinajstić information content (AvgIpc) is 3.78. The zero-order valence-corrected chi connectivity index (χ0v) is 19.5. The Bertz CT molecular complexity index is 1160. The smallest absolute Gasteiger partial charge is 0.254 e. The quantitative estimate of drug-likeness (QED) is 0.507. The molecule has 2 amide bonds. The van der Waals surface area contributed by atoms with E-state index in [1.54, 1.807) is 0 Å². The van der Waals surface area contributed by atoms with Gasteiger partial charge in [0.2, 0.25) is 0 Å². The lowest BCUT2D eigenvalue weighted by Crippen LogP contribution is -2.32. The van der Waals surface area contributed by atoms with Gasteiger partial charge in [-0.2, -0.15) is 0 Å². The number of nitrogens with one attached hydrogen (secondary N) is 1. The van der Waals surface area contributed by atoms with Crippen LogP contribution in [0, 0.1) is 13.8 Å². The maximum Gasteiger partial charge on any atom is 0.254 e. The maximum absolute atomic E-state index is 13.3. The van der Waals surface area contributed by atoms with Crippen molar-refractivity contribution in [2.24, 2.45) is 0 Å². The number of hydrogen-bond acceptors (Lipinski definition) is 5. The van der Waals surface area contributed by atoms with Gasteiger partial charge in [-0.05, 0) is 81.5 Å². The number of ether oxygens (including phenoxy) is 1. The van der Waals surface area contributed by atoms with Crippen molar-refractivity contribution in [3.05, 3.63) is 82.2 Å². The number of carbonyl (C=O) groups is 2. The maximum atomic E-state index is 13.3. The first-order valence-electron chi connectivity index (χ1n) is 11.8. The summed E-state index contributed by atoms with van der Waals surface area (Å²) >= 11 is 0. The first-order chi connectivity index (χ1) is 16.5. The second-order valence-electron chi connectivity index (χ2n) is 9.22. The van der Waals surface area contributed by atoms with E-state index in [1.807, 2.05) is 67.3 Å². The van der Waals surface area contributed by atoms with Crippen LogP contribution in [0.2, 0.25) is 0 Å². The van der Waals surface area contributed by atoms with Gasteiger partial charge in [0.25, 0.3) is 11.8 Å². The summed E-state index contributed by atoms with van der Waals surface area (Å²) in [5.74, 6) is 1.42. The Kier molecular flexibility index (Phi) is 6.09. The predicted octanol–water partition coefficient (Wildman–Crippen LogP) is 4.57. The highest BCUT2D eigenvalue weighted by Gasteiger charge is 2.33. The van der Waals surface area contributed by atoms with E-state index in [1.165, 1.54) is 0 Å². The second kappa shape index (κ2) is 9.33. The normalized spacial score (nSPS) is 15.1. The minimum atomic E-state index is -0.0270. The number of rotatable bonds is 9. The molecule has 1 heterocycles. The van der Waals surface area contributed by atoms with Crippen LogP contribution in [0.3, 0.4) is 0 Å². The van der Waals surface area contributed by atoms with E-state index in [0.717, 1.165) is 48.3 Å². The van der Waals surface area contributed by atoms with Gasteiger partial charge in [0, 0.05) is 29.8 Å². The van der Waals surface area contributed by atoms with Crippen molar-refractivity contribution in [1.29, 1.82) is 0 Å². The van der Waals surface area contributed by atoms with Gasteiger partial charge in [0.05, 0.1) is 11.3 Å². The van der Waals surface area contributed by atoms with Crippen molar-refractivity contribution in [2.45, 2.75) is 64.8 Å². The zero-order valence-electron chi connectivity index (χ0n) is 19.5. The molecule has 7 heteroatoms. The highest BCUT2D eigenvalue weighted by atomic mass is 16.5. The fraction of sp³-hybridized carbons (Fsp3) is 0.370. The van der Waals surface area contributed by atoms with Gasteiger partial charge in [-0.1, -0.05) is 17.3 Å². The van der Waals surface area contributed by atoms with Crippen molar-refractivity contribution in [2.75, 3.05) is 0 Å². The molecule has 0 atom stereocenters. The van der Waals surface area contributed by atoms with E-state index in [-0.39, 0.29) is 17.9 Å². The Hall–Kier alpha value is -3.61. The van der Waals surface area contributed by atoms with Gasteiger partial charge < -0.3 is 19.5 Å². The number of hydrogen-bond donors (Lipinski definition) is 1. The summed E-state index contributed by atoms with van der Waals surface area (Å²) < 4.78 is 11.0. The van der Waals surface area contributed by atoms with Gasteiger partial charge in [-0.15, -0.1) is 0 Å². The predicted molar refractivity (Wildman–Crippen MR) is 127 cm³/mol. The molecule has 1 N–H and O–H groups in total. The molecule has 0 spiro atoms. The third kappa shape index (κ3) is 5.14. The Morgan fingerprint density at radius 3 is 2.26 bits per heavy atom. The summed E-state index contributed by atoms with van der Waals surface area (Å²) in [6, 6.07) is 15.4. The summed E-state index contributed by atoms with van der Waals surface area (Å²) in [5.41, 5.74) is 4.07. The van der Waals surface area contributed by atoms with Crippen LogP contribution in [0.25, 0.3) is 0 Å². The molecule has 176 valence electrons. The summed E-state index contributed by atoms with van der Waals surface area (Å²) in [5, 5.41) is 6.95. The van der Waals surface area contributed by atoms with Gasteiger partial charge in [-0.3, -0.25) is 9.59 Å². The van der Waals surface area contributed by atoms with Crippen LogP contribution in [-0.2, 0) is 13.2 Å². The van der Waals surface area contributed by atoms with Crippen LogP contribution in [0.15, 0.2) is 53.1 Å². The molecule has 2 aliphatic carbocycles. The Labute approximate surface area is 199 Å². The molecule has 0 saturated heterocycles. The molecule has 2 aliphatic rings. The molecule has 0 unspecified atom stereocenters. The topological polar surface area (TPSA) is 84.7 Å². The molecule has 0 bridgehead atoms. The van der Waals surface area contributed by atoms with Gasteiger partial charge in [0.1, 0.15) is 18.1 Å². The minimum Gasteiger partial charge on any atom is -0.489 e. The van der Waals surface area contributed by atoms with Gasteiger partial charge in [-0.25, -0.2) is 0 Å². The summed E-state index contributed by atoms with van der Waals surface area (Å²) in [7, 11) is 0. The van der Waals surface area contributed by atoms with Crippen molar-refractivity contribution >= 4 is 11.8 Å². The Morgan fingerprint density at radius 2 is 1.68 bits per heavy atom. The molecule has 34 heavy (non-hydrogen) atoms.